The molecule has 0 fully saturated rings. The van der Waals surface area contributed by atoms with Crippen molar-refractivity contribution >= 4 is 38.6 Å². The highest BCUT2D eigenvalue weighted by molar-refractivity contribution is 6.22. The molecule has 75 heavy (non-hydrogen) atoms. The van der Waals surface area contributed by atoms with Gasteiger partial charge in [0, 0.05) is 22.5 Å². The van der Waals surface area contributed by atoms with Crippen LogP contribution in [0.5, 0.6) is 0 Å². The van der Waals surface area contributed by atoms with E-state index in [4.69, 9.17) is 0 Å². The number of para-hydroxylation sites is 1. The van der Waals surface area contributed by atoms with Crippen molar-refractivity contribution in [2.45, 2.75) is 0 Å². The minimum absolute atomic E-state index is 1.06. The molecular weight excluding hydrogens is 903 g/mol. The van der Waals surface area contributed by atoms with E-state index >= 15 is 0 Å². The van der Waals surface area contributed by atoms with Crippen LogP contribution in [-0.4, -0.2) is 0 Å². The largest absolute Gasteiger partial charge is 0.309 e. The molecule has 0 bridgehead atoms. The quantitative estimate of drug-likeness (QED) is 0.117. The molecule has 352 valence electrons. The number of fused-ring (bicyclic) bond motifs is 3. The summed E-state index contributed by atoms with van der Waals surface area (Å²) < 4.78 is 0. The summed E-state index contributed by atoms with van der Waals surface area (Å²) in [5.74, 6) is 0. The van der Waals surface area contributed by atoms with Gasteiger partial charge in [-0.25, -0.2) is 0 Å². The van der Waals surface area contributed by atoms with E-state index in [-0.39, 0.29) is 0 Å². The van der Waals surface area contributed by atoms with Gasteiger partial charge in [-0.2, -0.15) is 0 Å². The molecule has 13 rings (SSSR count). The number of anilines is 3. The van der Waals surface area contributed by atoms with E-state index in [2.05, 4.69) is 314 Å². The molecule has 0 unspecified atom stereocenters. The van der Waals surface area contributed by atoms with Crippen molar-refractivity contribution in [1.29, 1.82) is 0 Å². The third-order valence-corrected chi connectivity index (χ3v) is 14.7. The average Bonchev–Trinajstić information content (AvgIpc) is 3.52. The zero-order valence-corrected chi connectivity index (χ0v) is 41.4. The predicted molar refractivity (Wildman–Crippen MR) is 320 cm³/mol. The molecule has 13 aromatic carbocycles. The first-order chi connectivity index (χ1) is 37.2. The SMILES string of the molecule is c1ccc(-c2ccc(-c3ccc(N(c4ccc(-c5ccc6c(c5)c(-c5ccccc5)c(-c5ccccc5)c5ccccc56)cc4)c4c(-c5ccccc5)cccc4-c4ccccc4)cc3)cc2-c2ccccc2)cc1. The van der Waals surface area contributed by atoms with Gasteiger partial charge in [-0.3, -0.25) is 0 Å². The van der Waals surface area contributed by atoms with E-state index in [1.54, 1.807) is 0 Å². The monoisotopic (exact) mass is 953 g/mol. The summed E-state index contributed by atoms with van der Waals surface area (Å²) in [5.41, 5.74) is 22.2. The van der Waals surface area contributed by atoms with Crippen LogP contribution in [0.1, 0.15) is 0 Å². The maximum absolute atomic E-state index is 2.46. The van der Waals surface area contributed by atoms with Gasteiger partial charge in [-0.1, -0.05) is 273 Å². The third-order valence-electron chi connectivity index (χ3n) is 14.7. The van der Waals surface area contributed by atoms with Crippen LogP contribution in [-0.2, 0) is 0 Å². The fourth-order valence-corrected chi connectivity index (χ4v) is 11.1. The lowest BCUT2D eigenvalue weighted by Gasteiger charge is -2.30. The van der Waals surface area contributed by atoms with Gasteiger partial charge in [0.15, 0.2) is 0 Å². The van der Waals surface area contributed by atoms with Crippen LogP contribution < -0.4 is 4.90 Å². The van der Waals surface area contributed by atoms with Crippen molar-refractivity contribution in [1.82, 2.24) is 0 Å². The molecule has 0 spiro atoms. The van der Waals surface area contributed by atoms with Gasteiger partial charge < -0.3 is 4.90 Å². The molecule has 0 aliphatic heterocycles. The highest BCUT2D eigenvalue weighted by atomic mass is 15.1. The van der Waals surface area contributed by atoms with Crippen molar-refractivity contribution in [2.24, 2.45) is 0 Å². The van der Waals surface area contributed by atoms with Crippen molar-refractivity contribution in [2.75, 3.05) is 4.90 Å². The first kappa shape index (κ1) is 45.1. The molecule has 0 aromatic heterocycles. The van der Waals surface area contributed by atoms with Gasteiger partial charge in [0.1, 0.15) is 0 Å². The number of nitrogens with zero attached hydrogens (tertiary/aromatic N) is 1. The van der Waals surface area contributed by atoms with E-state index in [1.807, 2.05) is 0 Å². The fraction of sp³-hybridized carbons (Fsp3) is 0. The first-order valence-electron chi connectivity index (χ1n) is 25.8. The summed E-state index contributed by atoms with van der Waals surface area (Å²) >= 11 is 0. The Bertz CT molecular complexity index is 4040. The molecule has 1 nitrogen and oxygen atoms in total. The van der Waals surface area contributed by atoms with Crippen molar-refractivity contribution < 1.29 is 0 Å². The highest BCUT2D eigenvalue weighted by Gasteiger charge is 2.23. The predicted octanol–water partition coefficient (Wildman–Crippen LogP) is 20.8. The Balaban J connectivity index is 0.971. The van der Waals surface area contributed by atoms with E-state index in [9.17, 15) is 0 Å². The Morgan fingerprint density at radius 1 is 0.173 bits per heavy atom. The standard InChI is InChI=1S/C74H51N/c1-7-22-54(23-8-1)64-48-42-60(50-70(64)57-28-13-4-14-29-57)52-38-44-62(45-39-52)75(74-65(55-24-9-2-10-25-55)36-21-37-66(74)56-26-11-3-12-27-56)63-46-40-53(41-47-63)61-43-49-68-67-34-19-20-35-69(67)72(58-30-15-5-16-31-58)73(71(68)51-61)59-32-17-6-18-33-59/h1-51H. The Kier molecular flexibility index (Phi) is 12.0. The highest BCUT2D eigenvalue weighted by Crippen LogP contribution is 2.49. The number of benzene rings is 13. The van der Waals surface area contributed by atoms with Crippen LogP contribution in [0.3, 0.4) is 0 Å². The lowest BCUT2D eigenvalue weighted by atomic mass is 9.84. The minimum Gasteiger partial charge on any atom is -0.309 e. The van der Waals surface area contributed by atoms with Gasteiger partial charge in [0.25, 0.3) is 0 Å². The number of rotatable bonds is 11. The molecule has 0 aliphatic rings. The molecule has 0 heterocycles. The summed E-state index contributed by atoms with van der Waals surface area (Å²) in [5, 5.41) is 4.98. The lowest BCUT2D eigenvalue weighted by Crippen LogP contribution is -2.12. The maximum atomic E-state index is 2.46. The smallest absolute Gasteiger partial charge is 0.0618 e. The normalized spacial score (nSPS) is 11.2. The molecule has 0 saturated carbocycles. The van der Waals surface area contributed by atoms with Crippen molar-refractivity contribution in [3.63, 3.8) is 0 Å². The van der Waals surface area contributed by atoms with Crippen LogP contribution in [0.2, 0.25) is 0 Å². The fourth-order valence-electron chi connectivity index (χ4n) is 11.1. The van der Waals surface area contributed by atoms with E-state index in [1.165, 1.54) is 77.2 Å². The Morgan fingerprint density at radius 2 is 0.520 bits per heavy atom. The molecule has 13 aromatic rings. The van der Waals surface area contributed by atoms with Gasteiger partial charge in [0.05, 0.1) is 5.69 Å². The minimum atomic E-state index is 1.06. The molecule has 0 aliphatic carbocycles. The topological polar surface area (TPSA) is 3.24 Å². The first-order valence-corrected chi connectivity index (χ1v) is 25.8. The van der Waals surface area contributed by atoms with E-state index in [0.717, 1.165) is 50.4 Å². The van der Waals surface area contributed by atoms with Crippen LogP contribution in [0.4, 0.5) is 17.1 Å². The van der Waals surface area contributed by atoms with E-state index < -0.39 is 0 Å². The second kappa shape index (κ2) is 20.0. The van der Waals surface area contributed by atoms with Gasteiger partial charge in [0.2, 0.25) is 0 Å². The summed E-state index contributed by atoms with van der Waals surface area (Å²) in [6.45, 7) is 0. The van der Waals surface area contributed by atoms with Crippen molar-refractivity contribution in [3.05, 3.63) is 309 Å². The Labute approximate surface area is 439 Å². The van der Waals surface area contributed by atoms with Crippen LogP contribution in [0, 0.1) is 0 Å². The second-order valence-corrected chi connectivity index (χ2v) is 19.1. The zero-order chi connectivity index (χ0) is 49.9. The maximum Gasteiger partial charge on any atom is 0.0618 e. The number of hydrogen-bond acceptors (Lipinski definition) is 1. The summed E-state index contributed by atoms with van der Waals surface area (Å²) in [6, 6.07) is 113. The van der Waals surface area contributed by atoms with Gasteiger partial charge in [-0.15, -0.1) is 0 Å². The number of hydrogen-bond donors (Lipinski definition) is 0. The average molecular weight is 954 g/mol. The van der Waals surface area contributed by atoms with Crippen LogP contribution in [0.15, 0.2) is 309 Å². The molecule has 0 saturated heterocycles. The Morgan fingerprint density at radius 3 is 1.00 bits per heavy atom. The molecular formula is C74H51N. The summed E-state index contributed by atoms with van der Waals surface area (Å²) in [6.07, 6.45) is 0. The third kappa shape index (κ3) is 8.67. The summed E-state index contributed by atoms with van der Waals surface area (Å²) in [7, 11) is 0. The van der Waals surface area contributed by atoms with Gasteiger partial charge >= 0.3 is 0 Å². The van der Waals surface area contributed by atoms with Crippen LogP contribution >= 0.6 is 0 Å². The zero-order valence-electron chi connectivity index (χ0n) is 41.4. The molecule has 0 amide bonds. The molecule has 1 heteroatoms. The van der Waals surface area contributed by atoms with E-state index in [0.29, 0.717) is 0 Å². The Hall–Kier alpha value is -9.82. The lowest BCUT2D eigenvalue weighted by molar-refractivity contribution is 1.28. The second-order valence-electron chi connectivity index (χ2n) is 19.1. The molecule has 0 N–H and O–H groups in total. The van der Waals surface area contributed by atoms with Crippen LogP contribution in [0.25, 0.3) is 111 Å². The van der Waals surface area contributed by atoms with Crippen molar-refractivity contribution in [3.8, 4) is 89.0 Å². The molecule has 0 radical (unpaired) electrons. The molecule has 0 atom stereocenters. The van der Waals surface area contributed by atoms with Gasteiger partial charge in [-0.05, 0) is 136 Å². The summed E-state index contributed by atoms with van der Waals surface area (Å²) in [4.78, 5) is 2.46.